The largest absolute Gasteiger partial charge is 0.372 e. The number of aliphatic hydroxyl groups is 1. The maximum atomic E-state index is 9.24. The Labute approximate surface area is 63.0 Å². The van der Waals surface area contributed by atoms with Gasteiger partial charge in [0.15, 0.2) is 0 Å². The zero-order valence-corrected chi connectivity index (χ0v) is 7.26. The first-order valence-electron chi connectivity index (χ1n) is 3.79. The van der Waals surface area contributed by atoms with Gasteiger partial charge < -0.3 is 5.11 Å². The molecular formula is C8H17NO. The molecular weight excluding hydrogens is 126 g/mol. The Kier molecular flexibility index (Phi) is 4.28. The van der Waals surface area contributed by atoms with E-state index < -0.39 is 6.23 Å². The molecule has 0 aliphatic carbocycles. The van der Waals surface area contributed by atoms with Crippen LogP contribution in [0.1, 0.15) is 34.1 Å². The molecule has 0 aromatic rings. The first kappa shape index (κ1) is 9.63. The van der Waals surface area contributed by atoms with Crippen LogP contribution in [0.2, 0.25) is 0 Å². The predicted octanol–water partition coefficient (Wildman–Crippen LogP) is 1.83. The lowest BCUT2D eigenvalue weighted by atomic mass is 10.2. The molecule has 0 spiro atoms. The highest BCUT2D eigenvalue weighted by atomic mass is 16.3. The average Bonchev–Trinajstić information content (AvgIpc) is 1.87. The molecule has 0 saturated heterocycles. The molecule has 1 atom stereocenters. The lowest BCUT2D eigenvalue weighted by Crippen LogP contribution is -2.13. The van der Waals surface area contributed by atoms with Gasteiger partial charge in [0.2, 0.25) is 0 Å². The highest BCUT2D eigenvalue weighted by Gasteiger charge is 2.05. The van der Waals surface area contributed by atoms with Gasteiger partial charge in [-0.3, -0.25) is 4.99 Å². The van der Waals surface area contributed by atoms with Crippen molar-refractivity contribution in [3.8, 4) is 0 Å². The highest BCUT2D eigenvalue weighted by Crippen LogP contribution is 2.02. The number of nitrogens with zero attached hydrogens (tertiary/aromatic N) is 1. The van der Waals surface area contributed by atoms with E-state index in [1.807, 2.05) is 27.7 Å². The molecule has 0 bridgehead atoms. The molecule has 0 aliphatic rings. The van der Waals surface area contributed by atoms with Gasteiger partial charge in [-0.1, -0.05) is 20.8 Å². The molecule has 10 heavy (non-hydrogen) atoms. The summed E-state index contributed by atoms with van der Waals surface area (Å²) >= 11 is 0. The molecule has 0 aliphatic heterocycles. The summed E-state index contributed by atoms with van der Waals surface area (Å²) in [6.45, 7) is 7.88. The Morgan fingerprint density at radius 1 is 1.50 bits per heavy atom. The van der Waals surface area contributed by atoms with E-state index >= 15 is 0 Å². The molecule has 1 unspecified atom stereocenters. The third-order valence-electron chi connectivity index (χ3n) is 1.46. The van der Waals surface area contributed by atoms with Gasteiger partial charge in [-0.2, -0.15) is 0 Å². The average molecular weight is 143 g/mol. The van der Waals surface area contributed by atoms with E-state index in [9.17, 15) is 5.11 Å². The van der Waals surface area contributed by atoms with Crippen molar-refractivity contribution in [1.82, 2.24) is 0 Å². The Morgan fingerprint density at radius 2 is 2.00 bits per heavy atom. The Morgan fingerprint density at radius 3 is 2.30 bits per heavy atom. The van der Waals surface area contributed by atoms with Crippen LogP contribution in [0.5, 0.6) is 0 Å². The summed E-state index contributed by atoms with van der Waals surface area (Å²) in [7, 11) is 0. The Balaban J connectivity index is 3.86. The minimum atomic E-state index is -0.514. The minimum Gasteiger partial charge on any atom is -0.372 e. The van der Waals surface area contributed by atoms with Crippen LogP contribution in [0.15, 0.2) is 4.99 Å². The van der Waals surface area contributed by atoms with Crippen LogP contribution in [0, 0.1) is 5.92 Å². The normalized spacial score (nSPS) is 16.0. The van der Waals surface area contributed by atoms with Crippen molar-refractivity contribution in [3.05, 3.63) is 0 Å². The van der Waals surface area contributed by atoms with E-state index in [2.05, 4.69) is 4.99 Å². The summed E-state index contributed by atoms with van der Waals surface area (Å²) in [6.07, 6.45) is 0.406. The second-order valence-electron chi connectivity index (χ2n) is 2.88. The van der Waals surface area contributed by atoms with Crippen LogP contribution >= 0.6 is 0 Å². The first-order valence-corrected chi connectivity index (χ1v) is 3.79. The maximum absolute atomic E-state index is 9.24. The van der Waals surface area contributed by atoms with Gasteiger partial charge in [-0.15, -0.1) is 0 Å². The molecule has 2 nitrogen and oxygen atoms in total. The van der Waals surface area contributed by atoms with Crippen molar-refractivity contribution >= 4 is 5.71 Å². The number of hydrogen-bond donors (Lipinski definition) is 1. The molecule has 0 heterocycles. The molecule has 60 valence electrons. The molecule has 0 fully saturated rings. The molecule has 0 saturated carbocycles. The Hall–Kier alpha value is -0.370. The fourth-order valence-electron chi connectivity index (χ4n) is 0.466. The van der Waals surface area contributed by atoms with Crippen molar-refractivity contribution in [2.45, 2.75) is 40.3 Å². The van der Waals surface area contributed by atoms with Gasteiger partial charge in [-0.25, -0.2) is 0 Å². The molecule has 2 heteroatoms. The van der Waals surface area contributed by atoms with Gasteiger partial charge in [0, 0.05) is 5.71 Å². The van der Waals surface area contributed by atoms with Crippen LogP contribution in [0.4, 0.5) is 0 Å². The summed E-state index contributed by atoms with van der Waals surface area (Å²) in [5.74, 6) is 0.224. The number of rotatable bonds is 3. The van der Waals surface area contributed by atoms with Crippen molar-refractivity contribution in [2.24, 2.45) is 10.9 Å². The minimum absolute atomic E-state index is 0.224. The van der Waals surface area contributed by atoms with E-state index in [-0.39, 0.29) is 5.92 Å². The quantitative estimate of drug-likeness (QED) is 0.601. The van der Waals surface area contributed by atoms with Crippen LogP contribution in [0.25, 0.3) is 0 Å². The zero-order chi connectivity index (χ0) is 8.15. The van der Waals surface area contributed by atoms with Crippen molar-refractivity contribution in [3.63, 3.8) is 0 Å². The van der Waals surface area contributed by atoms with Gasteiger partial charge >= 0.3 is 0 Å². The summed E-state index contributed by atoms with van der Waals surface area (Å²) in [5, 5.41) is 9.24. The smallest absolute Gasteiger partial charge is 0.147 e. The van der Waals surface area contributed by atoms with Crippen LogP contribution < -0.4 is 0 Å². The van der Waals surface area contributed by atoms with Crippen molar-refractivity contribution < 1.29 is 5.11 Å². The van der Waals surface area contributed by atoms with Gasteiger partial charge in [0.1, 0.15) is 6.23 Å². The third-order valence-corrected chi connectivity index (χ3v) is 1.46. The monoisotopic (exact) mass is 143 g/mol. The summed E-state index contributed by atoms with van der Waals surface area (Å²) in [5.41, 5.74) is 1.02. The van der Waals surface area contributed by atoms with Crippen LogP contribution in [0.3, 0.4) is 0 Å². The maximum Gasteiger partial charge on any atom is 0.147 e. The molecule has 0 radical (unpaired) electrons. The van der Waals surface area contributed by atoms with Crippen molar-refractivity contribution in [1.29, 1.82) is 0 Å². The molecule has 0 aromatic carbocycles. The fraction of sp³-hybridized carbons (Fsp3) is 0.875. The Bertz CT molecular complexity index is 118. The predicted molar refractivity (Wildman–Crippen MR) is 44.2 cm³/mol. The van der Waals surface area contributed by atoms with Crippen LogP contribution in [-0.4, -0.2) is 17.0 Å². The van der Waals surface area contributed by atoms with E-state index in [1.165, 1.54) is 0 Å². The molecule has 0 amide bonds. The molecule has 0 aromatic heterocycles. The van der Waals surface area contributed by atoms with E-state index in [0.717, 1.165) is 12.1 Å². The van der Waals surface area contributed by atoms with Gasteiger partial charge in [0.25, 0.3) is 0 Å². The highest BCUT2D eigenvalue weighted by molar-refractivity contribution is 5.81. The summed E-state index contributed by atoms with van der Waals surface area (Å²) in [4.78, 5) is 4.07. The second-order valence-corrected chi connectivity index (χ2v) is 2.88. The molecule has 0 rings (SSSR count). The van der Waals surface area contributed by atoms with E-state index in [0.29, 0.717) is 0 Å². The molecule has 1 N–H and O–H groups in total. The third kappa shape index (κ3) is 3.62. The van der Waals surface area contributed by atoms with Crippen molar-refractivity contribution in [2.75, 3.05) is 0 Å². The number of aliphatic hydroxyl groups excluding tert-OH is 1. The number of hydrogen-bond acceptors (Lipinski definition) is 2. The van der Waals surface area contributed by atoms with Gasteiger partial charge in [-0.05, 0) is 19.3 Å². The topological polar surface area (TPSA) is 32.6 Å². The SMILES string of the molecule is CCC(C)=NC(O)C(C)C. The zero-order valence-electron chi connectivity index (χ0n) is 7.26. The number of aliphatic imine (C=N–C) groups is 1. The fourth-order valence-corrected chi connectivity index (χ4v) is 0.466. The van der Waals surface area contributed by atoms with E-state index in [4.69, 9.17) is 0 Å². The first-order chi connectivity index (χ1) is 4.57. The van der Waals surface area contributed by atoms with Gasteiger partial charge in [0.05, 0.1) is 0 Å². The second kappa shape index (κ2) is 4.45. The standard InChI is InChI=1S/C8H17NO/c1-5-7(4)9-8(10)6(2)3/h6,8,10H,5H2,1-4H3. The summed E-state index contributed by atoms with van der Waals surface area (Å²) < 4.78 is 0. The van der Waals surface area contributed by atoms with Crippen LogP contribution in [-0.2, 0) is 0 Å². The summed E-state index contributed by atoms with van der Waals surface area (Å²) in [6, 6.07) is 0. The lowest BCUT2D eigenvalue weighted by molar-refractivity contribution is 0.134. The van der Waals surface area contributed by atoms with E-state index in [1.54, 1.807) is 0 Å². The lowest BCUT2D eigenvalue weighted by Gasteiger charge is -2.09.